The van der Waals surface area contributed by atoms with Crippen LogP contribution in [0.15, 0.2) is 0 Å². The smallest absolute Gasteiger partial charge is 0.0140 e. The fraction of sp³-hybridized carbons (Fsp3) is 1.00. The number of nitrogens with zero attached hydrogens (tertiary/aromatic N) is 1. The van der Waals surface area contributed by atoms with Gasteiger partial charge in [0.2, 0.25) is 0 Å². The zero-order valence-corrected chi connectivity index (χ0v) is 10.8. The number of hydrogen-bond acceptors (Lipinski definition) is 2. The maximum Gasteiger partial charge on any atom is 0.0140 e. The summed E-state index contributed by atoms with van der Waals surface area (Å²) in [6.07, 6.45) is 5.74. The van der Waals surface area contributed by atoms with E-state index in [0.29, 0.717) is 0 Å². The first kappa shape index (κ1) is 11.0. The largest absolute Gasteiger partial charge is 0.316 e. The molecule has 1 saturated carbocycles. The molecule has 3 aliphatic rings. The van der Waals surface area contributed by atoms with Gasteiger partial charge in [-0.1, -0.05) is 13.8 Å². The fourth-order valence-corrected chi connectivity index (χ4v) is 4.49. The second-order valence-corrected chi connectivity index (χ2v) is 6.33. The predicted molar refractivity (Wildman–Crippen MR) is 67.4 cm³/mol. The minimum Gasteiger partial charge on any atom is -0.316 e. The molecule has 0 spiro atoms. The van der Waals surface area contributed by atoms with E-state index < -0.39 is 0 Å². The van der Waals surface area contributed by atoms with Crippen LogP contribution in [-0.2, 0) is 0 Å². The first-order valence-corrected chi connectivity index (χ1v) is 7.26. The van der Waals surface area contributed by atoms with Crippen LogP contribution in [0.4, 0.5) is 0 Å². The maximum absolute atomic E-state index is 3.58. The molecule has 0 aromatic heterocycles. The molecule has 92 valence electrons. The van der Waals surface area contributed by atoms with Gasteiger partial charge in [0.15, 0.2) is 0 Å². The van der Waals surface area contributed by atoms with E-state index in [0.717, 1.165) is 29.8 Å². The normalized spacial score (nSPS) is 48.8. The Bertz CT molecular complexity index is 253. The molecule has 2 saturated heterocycles. The van der Waals surface area contributed by atoms with Crippen molar-refractivity contribution < 1.29 is 0 Å². The van der Waals surface area contributed by atoms with Gasteiger partial charge in [-0.25, -0.2) is 0 Å². The summed E-state index contributed by atoms with van der Waals surface area (Å²) < 4.78 is 0. The van der Waals surface area contributed by atoms with Gasteiger partial charge >= 0.3 is 0 Å². The Balaban J connectivity index is 1.71. The maximum atomic E-state index is 3.58. The molecule has 16 heavy (non-hydrogen) atoms. The summed E-state index contributed by atoms with van der Waals surface area (Å²) in [7, 11) is 0. The Kier molecular flexibility index (Phi) is 2.97. The van der Waals surface area contributed by atoms with E-state index in [1.54, 1.807) is 0 Å². The number of fused-ring (bicyclic) bond motifs is 1. The van der Waals surface area contributed by atoms with Gasteiger partial charge in [0.05, 0.1) is 0 Å². The van der Waals surface area contributed by atoms with Gasteiger partial charge in [0, 0.05) is 18.6 Å². The zero-order chi connectivity index (χ0) is 11.1. The van der Waals surface area contributed by atoms with Gasteiger partial charge in [-0.15, -0.1) is 0 Å². The third-order valence-electron chi connectivity index (χ3n) is 5.31. The minimum atomic E-state index is 0.885. The van der Waals surface area contributed by atoms with Crippen molar-refractivity contribution in [1.29, 1.82) is 0 Å². The van der Waals surface area contributed by atoms with Crippen molar-refractivity contribution in [3.05, 3.63) is 0 Å². The Labute approximate surface area is 99.8 Å². The lowest BCUT2D eigenvalue weighted by Gasteiger charge is -2.32. The number of nitrogens with one attached hydrogen (secondary N) is 1. The first-order valence-electron chi connectivity index (χ1n) is 7.26. The van der Waals surface area contributed by atoms with Crippen LogP contribution in [0.5, 0.6) is 0 Å². The Morgan fingerprint density at radius 1 is 1.25 bits per heavy atom. The molecule has 1 aliphatic carbocycles. The molecule has 1 N–H and O–H groups in total. The van der Waals surface area contributed by atoms with Crippen molar-refractivity contribution >= 4 is 0 Å². The summed E-state index contributed by atoms with van der Waals surface area (Å²) in [5, 5.41) is 3.58. The summed E-state index contributed by atoms with van der Waals surface area (Å²) in [6.45, 7) is 8.76. The lowest BCUT2D eigenvalue weighted by Crippen LogP contribution is -2.41. The second kappa shape index (κ2) is 4.30. The number of likely N-dealkylation sites (tertiary alicyclic amines) is 1. The molecule has 3 rings (SSSR count). The number of hydrogen-bond donors (Lipinski definition) is 1. The molecular weight excluding hydrogens is 196 g/mol. The monoisotopic (exact) mass is 222 g/mol. The highest BCUT2D eigenvalue weighted by molar-refractivity contribution is 5.01. The molecule has 2 nitrogen and oxygen atoms in total. The van der Waals surface area contributed by atoms with Crippen LogP contribution in [0.1, 0.15) is 39.5 Å². The van der Waals surface area contributed by atoms with Gasteiger partial charge in [0.25, 0.3) is 0 Å². The van der Waals surface area contributed by atoms with Crippen molar-refractivity contribution in [3.63, 3.8) is 0 Å². The Morgan fingerprint density at radius 3 is 2.81 bits per heavy atom. The van der Waals surface area contributed by atoms with E-state index in [2.05, 4.69) is 24.1 Å². The molecule has 0 aromatic carbocycles. The molecule has 2 heteroatoms. The summed E-state index contributed by atoms with van der Waals surface area (Å²) in [6, 6.07) is 1.81. The highest BCUT2D eigenvalue weighted by Crippen LogP contribution is 2.40. The van der Waals surface area contributed by atoms with Gasteiger partial charge in [-0.2, -0.15) is 0 Å². The first-order chi connectivity index (χ1) is 7.79. The van der Waals surface area contributed by atoms with Crippen molar-refractivity contribution in [1.82, 2.24) is 10.2 Å². The van der Waals surface area contributed by atoms with Crippen LogP contribution in [0.2, 0.25) is 0 Å². The summed E-state index contributed by atoms with van der Waals surface area (Å²) >= 11 is 0. The fourth-order valence-electron chi connectivity index (χ4n) is 4.49. The second-order valence-electron chi connectivity index (χ2n) is 6.33. The van der Waals surface area contributed by atoms with E-state index in [-0.39, 0.29) is 0 Å². The van der Waals surface area contributed by atoms with E-state index in [1.807, 2.05) is 0 Å². The summed E-state index contributed by atoms with van der Waals surface area (Å²) in [4.78, 5) is 2.89. The van der Waals surface area contributed by atoms with Crippen LogP contribution in [-0.4, -0.2) is 36.6 Å². The third kappa shape index (κ3) is 1.70. The van der Waals surface area contributed by atoms with Crippen molar-refractivity contribution in [2.24, 2.45) is 17.8 Å². The van der Waals surface area contributed by atoms with Crippen molar-refractivity contribution in [2.75, 3.05) is 19.6 Å². The quantitative estimate of drug-likeness (QED) is 0.770. The average molecular weight is 222 g/mol. The van der Waals surface area contributed by atoms with Crippen LogP contribution in [0, 0.1) is 17.8 Å². The van der Waals surface area contributed by atoms with E-state index in [4.69, 9.17) is 0 Å². The van der Waals surface area contributed by atoms with Crippen LogP contribution < -0.4 is 5.32 Å². The van der Waals surface area contributed by atoms with Gasteiger partial charge in [-0.3, -0.25) is 4.90 Å². The molecule has 0 amide bonds. The average Bonchev–Trinajstić information content (AvgIpc) is 2.90. The lowest BCUT2D eigenvalue weighted by atomic mass is 9.92. The van der Waals surface area contributed by atoms with Crippen LogP contribution >= 0.6 is 0 Å². The molecule has 5 atom stereocenters. The molecule has 5 unspecified atom stereocenters. The number of rotatable bonds is 2. The van der Waals surface area contributed by atoms with Gasteiger partial charge in [-0.05, 0) is 56.5 Å². The van der Waals surface area contributed by atoms with E-state index >= 15 is 0 Å². The summed E-state index contributed by atoms with van der Waals surface area (Å²) in [5.74, 6) is 2.89. The molecule has 2 heterocycles. The minimum absolute atomic E-state index is 0.885. The van der Waals surface area contributed by atoms with Crippen LogP contribution in [0.3, 0.4) is 0 Å². The Hall–Kier alpha value is -0.0800. The van der Waals surface area contributed by atoms with Gasteiger partial charge < -0.3 is 5.32 Å². The van der Waals surface area contributed by atoms with E-state index in [9.17, 15) is 0 Å². The van der Waals surface area contributed by atoms with Crippen molar-refractivity contribution in [3.8, 4) is 0 Å². The summed E-state index contributed by atoms with van der Waals surface area (Å²) in [5.41, 5.74) is 0. The SMILES string of the molecule is CCC1C2CNCC2CN1C1CCC(C)C1. The zero-order valence-electron chi connectivity index (χ0n) is 10.8. The standard InChI is InChI=1S/C14H26N2/c1-3-14-13-8-15-7-11(13)9-16(14)12-5-4-10(2)6-12/h10-15H,3-9H2,1-2H3. The third-order valence-corrected chi connectivity index (χ3v) is 5.31. The highest BCUT2D eigenvalue weighted by Gasteiger charge is 2.46. The molecule has 0 bridgehead atoms. The van der Waals surface area contributed by atoms with E-state index in [1.165, 1.54) is 45.3 Å². The highest BCUT2D eigenvalue weighted by atomic mass is 15.2. The molecule has 2 aliphatic heterocycles. The molecule has 0 radical (unpaired) electrons. The lowest BCUT2D eigenvalue weighted by molar-refractivity contribution is 0.154. The van der Waals surface area contributed by atoms with Crippen molar-refractivity contribution in [2.45, 2.75) is 51.6 Å². The Morgan fingerprint density at radius 2 is 2.12 bits per heavy atom. The topological polar surface area (TPSA) is 15.3 Å². The predicted octanol–water partition coefficient (Wildman–Crippen LogP) is 2.10. The van der Waals surface area contributed by atoms with Gasteiger partial charge in [0.1, 0.15) is 0 Å². The van der Waals surface area contributed by atoms with Crippen LogP contribution in [0.25, 0.3) is 0 Å². The molecule has 0 aromatic rings. The molecular formula is C14H26N2. The molecule has 3 fully saturated rings.